The third-order valence-corrected chi connectivity index (χ3v) is 7.39. The summed E-state index contributed by atoms with van der Waals surface area (Å²) < 4.78 is 5.37. The van der Waals surface area contributed by atoms with Crippen molar-refractivity contribution in [3.05, 3.63) is 76.9 Å². The Hall–Kier alpha value is -3.86. The number of morpholine rings is 1. The molecule has 0 unspecified atom stereocenters. The number of nitrogens with one attached hydrogen (secondary N) is 3. The van der Waals surface area contributed by atoms with Gasteiger partial charge in [0.1, 0.15) is 17.0 Å². The molecule has 1 fully saturated rings. The minimum Gasteiger partial charge on any atom is -0.379 e. The van der Waals surface area contributed by atoms with Gasteiger partial charge in [-0.25, -0.2) is 9.97 Å². The normalized spacial score (nSPS) is 13.9. The molecule has 1 aliphatic rings. The lowest BCUT2D eigenvalue weighted by molar-refractivity contribution is 0.0383. The van der Waals surface area contributed by atoms with Crippen LogP contribution < -0.4 is 16.0 Å². The molecule has 3 N–H and O–H groups in total. The number of aryl methyl sites for hydroxylation is 1. The van der Waals surface area contributed by atoms with Crippen molar-refractivity contribution in [1.82, 2.24) is 20.2 Å². The van der Waals surface area contributed by atoms with Gasteiger partial charge in [0.15, 0.2) is 0 Å². The number of carbonyl (C=O) groups is 2. The van der Waals surface area contributed by atoms with Crippen molar-refractivity contribution >= 4 is 50.6 Å². The Balaban J connectivity index is 1.25. The van der Waals surface area contributed by atoms with Crippen LogP contribution in [-0.4, -0.2) is 66.1 Å². The zero-order valence-electron chi connectivity index (χ0n) is 20.5. The molecule has 2 amide bonds. The fourth-order valence-corrected chi connectivity index (χ4v) is 5.25. The lowest BCUT2D eigenvalue weighted by atomic mass is 10.2. The van der Waals surface area contributed by atoms with Gasteiger partial charge in [-0.3, -0.25) is 14.5 Å². The summed E-state index contributed by atoms with van der Waals surface area (Å²) in [6, 6.07) is 16.5. The predicted molar refractivity (Wildman–Crippen MR) is 146 cm³/mol. The molecule has 0 atom stereocenters. The van der Waals surface area contributed by atoms with Crippen LogP contribution in [0.2, 0.25) is 0 Å². The van der Waals surface area contributed by atoms with Gasteiger partial charge in [0, 0.05) is 43.1 Å². The molecule has 5 rings (SSSR count). The van der Waals surface area contributed by atoms with E-state index in [1.165, 1.54) is 17.7 Å². The van der Waals surface area contributed by atoms with E-state index in [1.54, 1.807) is 12.1 Å². The van der Waals surface area contributed by atoms with E-state index in [-0.39, 0.29) is 11.8 Å². The molecule has 1 saturated heterocycles. The summed E-state index contributed by atoms with van der Waals surface area (Å²) in [6.45, 7) is 6.56. The minimum atomic E-state index is -0.163. The fourth-order valence-electron chi connectivity index (χ4n) is 4.18. The molecule has 1 aliphatic heterocycles. The summed E-state index contributed by atoms with van der Waals surface area (Å²) in [6.07, 6.45) is 1.50. The van der Waals surface area contributed by atoms with E-state index in [9.17, 15) is 9.59 Å². The molecule has 10 heteroatoms. The zero-order chi connectivity index (χ0) is 25.6. The van der Waals surface area contributed by atoms with Gasteiger partial charge in [-0.2, -0.15) is 0 Å². The van der Waals surface area contributed by atoms with Crippen molar-refractivity contribution in [2.45, 2.75) is 6.92 Å². The molecule has 2 aromatic heterocycles. The van der Waals surface area contributed by atoms with Crippen molar-refractivity contribution in [1.29, 1.82) is 0 Å². The van der Waals surface area contributed by atoms with Crippen LogP contribution in [0.3, 0.4) is 0 Å². The third kappa shape index (κ3) is 5.93. The molecular weight excluding hydrogens is 488 g/mol. The number of thiophene rings is 1. The standard InChI is InChI=1S/C27H28N6O3S/c1-18-22-24(31-20-7-9-21(10-8-20)32-25(34)19-5-3-2-4-6-19)29-17-30-27(22)37-23(18)26(35)28-11-12-33-13-15-36-16-14-33/h2-10,17H,11-16H2,1H3,(H,28,35)(H,32,34)(H,29,30,31). The predicted octanol–water partition coefficient (Wildman–Crippen LogP) is 4.06. The number of anilines is 3. The minimum absolute atomic E-state index is 0.0989. The number of fused-ring (bicyclic) bond motifs is 1. The molecule has 0 spiro atoms. The van der Waals surface area contributed by atoms with Crippen LogP contribution in [0.1, 0.15) is 25.6 Å². The van der Waals surface area contributed by atoms with Gasteiger partial charge >= 0.3 is 0 Å². The maximum Gasteiger partial charge on any atom is 0.261 e. The second-order valence-corrected chi connectivity index (χ2v) is 9.69. The van der Waals surface area contributed by atoms with E-state index in [0.717, 1.165) is 54.3 Å². The average Bonchev–Trinajstić information content (AvgIpc) is 3.28. The smallest absolute Gasteiger partial charge is 0.261 e. The van der Waals surface area contributed by atoms with Crippen LogP contribution in [0.15, 0.2) is 60.9 Å². The van der Waals surface area contributed by atoms with Crippen LogP contribution in [0.4, 0.5) is 17.2 Å². The monoisotopic (exact) mass is 516 g/mol. The number of amides is 2. The Morgan fingerprint density at radius 3 is 2.46 bits per heavy atom. The van der Waals surface area contributed by atoms with Crippen molar-refractivity contribution in [3.8, 4) is 0 Å². The number of benzene rings is 2. The highest BCUT2D eigenvalue weighted by molar-refractivity contribution is 7.20. The molecule has 0 bridgehead atoms. The van der Waals surface area contributed by atoms with Crippen molar-refractivity contribution in [2.75, 3.05) is 50.0 Å². The quantitative estimate of drug-likeness (QED) is 0.324. The number of hydrogen-bond donors (Lipinski definition) is 3. The number of hydrogen-bond acceptors (Lipinski definition) is 8. The number of carbonyl (C=O) groups excluding carboxylic acids is 2. The first-order valence-electron chi connectivity index (χ1n) is 12.1. The molecule has 0 radical (unpaired) electrons. The SMILES string of the molecule is Cc1c(C(=O)NCCN2CCOCC2)sc2ncnc(Nc3ccc(NC(=O)c4ccccc4)cc3)c12. The largest absolute Gasteiger partial charge is 0.379 e. The Labute approximate surface area is 218 Å². The van der Waals surface area contributed by atoms with Gasteiger partial charge < -0.3 is 20.7 Å². The molecule has 37 heavy (non-hydrogen) atoms. The van der Waals surface area contributed by atoms with E-state index < -0.39 is 0 Å². The molecule has 190 valence electrons. The first kappa shape index (κ1) is 24.8. The molecule has 0 aliphatic carbocycles. The van der Waals surface area contributed by atoms with Gasteiger partial charge in [0.05, 0.1) is 23.5 Å². The summed E-state index contributed by atoms with van der Waals surface area (Å²) in [7, 11) is 0. The second kappa shape index (κ2) is 11.5. The van der Waals surface area contributed by atoms with Crippen LogP contribution in [0.25, 0.3) is 10.2 Å². The highest BCUT2D eigenvalue weighted by Gasteiger charge is 2.20. The molecule has 9 nitrogen and oxygen atoms in total. The lowest BCUT2D eigenvalue weighted by Crippen LogP contribution is -2.41. The fraction of sp³-hybridized carbons (Fsp3) is 0.259. The topological polar surface area (TPSA) is 108 Å². The maximum absolute atomic E-state index is 12.9. The lowest BCUT2D eigenvalue weighted by Gasteiger charge is -2.26. The molecule has 2 aromatic carbocycles. The van der Waals surface area contributed by atoms with Crippen LogP contribution in [-0.2, 0) is 4.74 Å². The average molecular weight is 517 g/mol. The summed E-state index contributed by atoms with van der Waals surface area (Å²) in [4.78, 5) is 37.8. The first-order valence-corrected chi connectivity index (χ1v) is 13.0. The van der Waals surface area contributed by atoms with Gasteiger partial charge in [-0.05, 0) is 48.9 Å². The van der Waals surface area contributed by atoms with E-state index in [1.807, 2.05) is 49.4 Å². The molecule has 0 saturated carbocycles. The molecule has 3 heterocycles. The van der Waals surface area contributed by atoms with Crippen molar-refractivity contribution < 1.29 is 14.3 Å². The van der Waals surface area contributed by atoms with Gasteiger partial charge in [0.25, 0.3) is 11.8 Å². The zero-order valence-corrected chi connectivity index (χ0v) is 21.3. The van der Waals surface area contributed by atoms with Crippen LogP contribution in [0.5, 0.6) is 0 Å². The molecular formula is C27H28N6O3S. The summed E-state index contributed by atoms with van der Waals surface area (Å²) >= 11 is 1.37. The van der Waals surface area contributed by atoms with Gasteiger partial charge in [-0.15, -0.1) is 11.3 Å². The summed E-state index contributed by atoms with van der Waals surface area (Å²) in [5.41, 5.74) is 2.94. The Bertz CT molecular complexity index is 1380. The summed E-state index contributed by atoms with van der Waals surface area (Å²) in [5.74, 6) is 0.369. The Morgan fingerprint density at radius 2 is 1.70 bits per heavy atom. The van der Waals surface area contributed by atoms with Crippen LogP contribution >= 0.6 is 11.3 Å². The highest BCUT2D eigenvalue weighted by atomic mass is 32.1. The second-order valence-electron chi connectivity index (χ2n) is 8.69. The maximum atomic E-state index is 12.9. The number of nitrogens with zero attached hydrogens (tertiary/aromatic N) is 3. The Kier molecular flexibility index (Phi) is 7.69. The van der Waals surface area contributed by atoms with E-state index in [2.05, 4.69) is 30.8 Å². The highest BCUT2D eigenvalue weighted by Crippen LogP contribution is 2.34. The Morgan fingerprint density at radius 1 is 0.973 bits per heavy atom. The molecule has 4 aromatic rings. The van der Waals surface area contributed by atoms with Gasteiger partial charge in [-0.1, -0.05) is 18.2 Å². The van der Waals surface area contributed by atoms with Crippen LogP contribution in [0, 0.1) is 6.92 Å². The number of ether oxygens (including phenoxy) is 1. The van der Waals surface area contributed by atoms with Crippen molar-refractivity contribution in [3.63, 3.8) is 0 Å². The van der Waals surface area contributed by atoms with E-state index in [0.29, 0.717) is 28.5 Å². The van der Waals surface area contributed by atoms with Crippen molar-refractivity contribution in [2.24, 2.45) is 0 Å². The number of aromatic nitrogens is 2. The summed E-state index contributed by atoms with van der Waals surface area (Å²) in [5, 5.41) is 10.1. The van der Waals surface area contributed by atoms with Gasteiger partial charge in [0.2, 0.25) is 0 Å². The first-order chi connectivity index (χ1) is 18.1. The number of rotatable bonds is 8. The van der Waals surface area contributed by atoms with E-state index >= 15 is 0 Å². The van der Waals surface area contributed by atoms with E-state index in [4.69, 9.17) is 4.74 Å². The third-order valence-electron chi connectivity index (χ3n) is 6.19.